The average Bonchev–Trinajstić information content (AvgIpc) is 2.71. The summed E-state index contributed by atoms with van der Waals surface area (Å²) in [5.74, 6) is -1.39. The van der Waals surface area contributed by atoms with E-state index in [1.54, 1.807) is 13.8 Å². The summed E-state index contributed by atoms with van der Waals surface area (Å²) in [6, 6.07) is 14.8. The maximum Gasteiger partial charge on any atom is 0.408 e. The Bertz CT molecular complexity index is 874. The number of hydrogen-bond acceptors (Lipinski definition) is 4. The van der Waals surface area contributed by atoms with Crippen molar-refractivity contribution in [3.05, 3.63) is 70.2 Å². The highest BCUT2D eigenvalue weighted by Gasteiger charge is 2.28. The van der Waals surface area contributed by atoms with Gasteiger partial charge in [0.2, 0.25) is 11.8 Å². The van der Waals surface area contributed by atoms with Crippen molar-refractivity contribution < 1.29 is 19.1 Å². The highest BCUT2D eigenvalue weighted by molar-refractivity contribution is 9.10. The van der Waals surface area contributed by atoms with E-state index in [2.05, 4.69) is 26.6 Å². The molecular weight excluding hydrogens is 450 g/mol. The van der Waals surface area contributed by atoms with Crippen molar-refractivity contribution in [3.8, 4) is 0 Å². The van der Waals surface area contributed by atoms with E-state index in [4.69, 9.17) is 10.5 Å². The Morgan fingerprint density at radius 1 is 1.00 bits per heavy atom. The first-order valence-corrected chi connectivity index (χ1v) is 10.4. The molecule has 0 aliphatic carbocycles. The minimum Gasteiger partial charge on any atom is -0.445 e. The van der Waals surface area contributed by atoms with Crippen LogP contribution in [0.2, 0.25) is 0 Å². The molecule has 0 aliphatic heterocycles. The normalized spacial score (nSPS) is 12.7. The number of primary amides is 1. The summed E-state index contributed by atoms with van der Waals surface area (Å²) in [6.07, 6.45) is -0.486. The van der Waals surface area contributed by atoms with Gasteiger partial charge in [-0.25, -0.2) is 4.79 Å². The average molecular weight is 476 g/mol. The molecule has 7 nitrogen and oxygen atoms in total. The summed E-state index contributed by atoms with van der Waals surface area (Å²) < 4.78 is 6.01. The fourth-order valence-electron chi connectivity index (χ4n) is 2.79. The van der Waals surface area contributed by atoms with Crippen LogP contribution in [0, 0.1) is 5.92 Å². The lowest BCUT2D eigenvalue weighted by molar-refractivity contribution is -0.129. The molecule has 0 spiro atoms. The van der Waals surface area contributed by atoms with Crippen LogP contribution in [0.4, 0.5) is 4.79 Å². The number of alkyl carbamates (subject to hydrolysis) is 1. The minimum absolute atomic E-state index is 0.0883. The fraction of sp³-hybridized carbons (Fsp3) is 0.318. The number of carbonyl (C=O) groups is 3. The van der Waals surface area contributed by atoms with Gasteiger partial charge in [-0.2, -0.15) is 0 Å². The molecule has 2 aromatic carbocycles. The molecule has 0 unspecified atom stereocenters. The van der Waals surface area contributed by atoms with Gasteiger partial charge in [0.15, 0.2) is 0 Å². The smallest absolute Gasteiger partial charge is 0.408 e. The third kappa shape index (κ3) is 7.18. The lowest BCUT2D eigenvalue weighted by atomic mass is 10.0. The van der Waals surface area contributed by atoms with E-state index >= 15 is 0 Å². The topological polar surface area (TPSA) is 111 Å². The van der Waals surface area contributed by atoms with Crippen LogP contribution in [0.3, 0.4) is 0 Å². The first kappa shape index (κ1) is 23.4. The Morgan fingerprint density at radius 3 is 2.23 bits per heavy atom. The Labute approximate surface area is 184 Å². The van der Waals surface area contributed by atoms with E-state index in [1.807, 2.05) is 54.6 Å². The van der Waals surface area contributed by atoms with Crippen molar-refractivity contribution in [2.24, 2.45) is 11.7 Å². The van der Waals surface area contributed by atoms with E-state index in [9.17, 15) is 14.4 Å². The molecular formula is C22H26BrN3O4. The number of nitrogens with one attached hydrogen (secondary N) is 2. The zero-order chi connectivity index (χ0) is 22.1. The quantitative estimate of drug-likeness (QED) is 0.517. The van der Waals surface area contributed by atoms with E-state index in [0.717, 1.165) is 15.6 Å². The molecule has 3 amide bonds. The van der Waals surface area contributed by atoms with Crippen molar-refractivity contribution >= 4 is 33.8 Å². The Hall–Kier alpha value is -2.87. The molecule has 0 saturated carbocycles. The summed E-state index contributed by atoms with van der Waals surface area (Å²) in [7, 11) is 0. The number of benzene rings is 2. The fourth-order valence-corrected chi connectivity index (χ4v) is 3.24. The van der Waals surface area contributed by atoms with Crippen LogP contribution in [-0.2, 0) is 27.4 Å². The maximum atomic E-state index is 12.8. The Kier molecular flexibility index (Phi) is 8.86. The molecule has 0 aliphatic rings. The second-order valence-electron chi connectivity index (χ2n) is 7.19. The third-order valence-electron chi connectivity index (χ3n) is 4.48. The van der Waals surface area contributed by atoms with Crippen molar-refractivity contribution in [1.82, 2.24) is 10.6 Å². The predicted molar refractivity (Wildman–Crippen MR) is 117 cm³/mol. The third-order valence-corrected chi connectivity index (χ3v) is 5.25. The summed E-state index contributed by atoms with van der Waals surface area (Å²) in [6.45, 7) is 3.66. The lowest BCUT2D eigenvalue weighted by Gasteiger charge is -2.24. The molecule has 8 heteroatoms. The number of ether oxygens (including phenoxy) is 1. The number of hydrogen-bond donors (Lipinski definition) is 3. The van der Waals surface area contributed by atoms with Crippen LogP contribution in [-0.4, -0.2) is 30.0 Å². The molecule has 30 heavy (non-hydrogen) atoms. The lowest BCUT2D eigenvalue weighted by Crippen LogP contribution is -2.55. The van der Waals surface area contributed by atoms with E-state index in [1.165, 1.54) is 0 Å². The van der Waals surface area contributed by atoms with Crippen LogP contribution in [0.25, 0.3) is 0 Å². The SMILES string of the molecule is CC(C)[C@H](NC(=O)OCc1ccccc1)C(=O)N[C@@H](Cc1ccccc1Br)C(N)=O. The first-order valence-electron chi connectivity index (χ1n) is 9.58. The second kappa shape index (κ2) is 11.3. The van der Waals surface area contributed by atoms with Crippen molar-refractivity contribution in [1.29, 1.82) is 0 Å². The highest BCUT2D eigenvalue weighted by Crippen LogP contribution is 2.17. The van der Waals surface area contributed by atoms with Gasteiger partial charge in [-0.15, -0.1) is 0 Å². The zero-order valence-corrected chi connectivity index (χ0v) is 18.5. The second-order valence-corrected chi connectivity index (χ2v) is 8.04. The molecule has 2 aromatic rings. The molecule has 4 N–H and O–H groups in total. The maximum absolute atomic E-state index is 12.8. The Balaban J connectivity index is 1.99. The molecule has 0 aromatic heterocycles. The number of carbonyl (C=O) groups excluding carboxylic acids is 3. The predicted octanol–water partition coefficient (Wildman–Crippen LogP) is 2.91. The van der Waals surface area contributed by atoms with Crippen molar-refractivity contribution in [3.63, 3.8) is 0 Å². The van der Waals surface area contributed by atoms with E-state index in [-0.39, 0.29) is 18.9 Å². The van der Waals surface area contributed by atoms with Crippen LogP contribution < -0.4 is 16.4 Å². The van der Waals surface area contributed by atoms with Crippen LogP contribution >= 0.6 is 15.9 Å². The van der Waals surface area contributed by atoms with Gasteiger partial charge in [-0.05, 0) is 23.1 Å². The van der Waals surface area contributed by atoms with Crippen molar-refractivity contribution in [2.45, 2.75) is 39.0 Å². The zero-order valence-electron chi connectivity index (χ0n) is 16.9. The first-order chi connectivity index (χ1) is 14.3. The molecule has 160 valence electrons. The van der Waals surface area contributed by atoms with Gasteiger partial charge in [0.25, 0.3) is 0 Å². The largest absolute Gasteiger partial charge is 0.445 e. The van der Waals surface area contributed by atoms with Crippen molar-refractivity contribution in [2.75, 3.05) is 0 Å². The summed E-state index contributed by atoms with van der Waals surface area (Å²) >= 11 is 3.42. The molecule has 0 fully saturated rings. The van der Waals surface area contributed by atoms with Gasteiger partial charge < -0.3 is 21.1 Å². The minimum atomic E-state index is -0.917. The van der Waals surface area contributed by atoms with E-state index < -0.39 is 30.0 Å². The van der Waals surface area contributed by atoms with E-state index in [0.29, 0.717) is 0 Å². The highest BCUT2D eigenvalue weighted by atomic mass is 79.9. The van der Waals surface area contributed by atoms with Gasteiger partial charge in [-0.3, -0.25) is 9.59 Å². The molecule has 0 bridgehead atoms. The standard InChI is InChI=1S/C22H26BrN3O4/c1-14(2)19(26-22(29)30-13-15-8-4-3-5-9-15)21(28)25-18(20(24)27)12-16-10-6-7-11-17(16)23/h3-11,14,18-19H,12-13H2,1-2H3,(H2,24,27)(H,25,28)(H,26,29)/t18-,19-/m0/s1. The number of halogens is 1. The van der Waals surface area contributed by atoms with Crippen LogP contribution in [0.5, 0.6) is 0 Å². The molecule has 0 radical (unpaired) electrons. The van der Waals surface area contributed by atoms with Crippen LogP contribution in [0.15, 0.2) is 59.1 Å². The Morgan fingerprint density at radius 2 is 1.63 bits per heavy atom. The number of amides is 3. The monoisotopic (exact) mass is 475 g/mol. The molecule has 0 heterocycles. The summed E-state index contributed by atoms with van der Waals surface area (Å²) in [5.41, 5.74) is 7.16. The van der Waals surface area contributed by atoms with Gasteiger partial charge in [0.1, 0.15) is 18.7 Å². The number of rotatable bonds is 9. The van der Waals surface area contributed by atoms with Gasteiger partial charge >= 0.3 is 6.09 Å². The molecule has 0 saturated heterocycles. The summed E-state index contributed by atoms with van der Waals surface area (Å²) in [5, 5.41) is 5.22. The number of nitrogens with two attached hydrogens (primary N) is 1. The molecule has 2 rings (SSSR count). The van der Waals surface area contributed by atoms with Gasteiger partial charge in [-0.1, -0.05) is 78.3 Å². The molecule has 2 atom stereocenters. The van der Waals surface area contributed by atoms with Gasteiger partial charge in [0.05, 0.1) is 0 Å². The van der Waals surface area contributed by atoms with Crippen LogP contribution in [0.1, 0.15) is 25.0 Å². The van der Waals surface area contributed by atoms with Gasteiger partial charge in [0, 0.05) is 10.9 Å². The summed E-state index contributed by atoms with van der Waals surface area (Å²) in [4.78, 5) is 36.9.